The number of hydrogen-bond donors (Lipinski definition) is 1. The standard InChI is InChI=1S/C15H24N2O/c1-4-17(5-2)15(18)11-12-16-13(3)14-9-7-6-8-10-14/h6-10,13,16H,4-5,11-12H2,1-3H3. The lowest BCUT2D eigenvalue weighted by atomic mass is 10.1. The molecule has 0 saturated carbocycles. The van der Waals surface area contributed by atoms with Gasteiger partial charge < -0.3 is 10.2 Å². The van der Waals surface area contributed by atoms with Crippen LogP contribution in [0.5, 0.6) is 0 Å². The van der Waals surface area contributed by atoms with Gasteiger partial charge in [-0.05, 0) is 26.3 Å². The number of rotatable bonds is 7. The Kier molecular flexibility index (Phi) is 6.44. The van der Waals surface area contributed by atoms with Gasteiger partial charge in [0.25, 0.3) is 0 Å². The molecule has 18 heavy (non-hydrogen) atoms. The first-order valence-corrected chi connectivity index (χ1v) is 6.75. The van der Waals surface area contributed by atoms with Crippen LogP contribution in [-0.2, 0) is 4.79 Å². The van der Waals surface area contributed by atoms with Crippen LogP contribution in [-0.4, -0.2) is 30.4 Å². The van der Waals surface area contributed by atoms with Gasteiger partial charge in [-0.2, -0.15) is 0 Å². The van der Waals surface area contributed by atoms with Crippen LogP contribution in [0, 0.1) is 0 Å². The minimum Gasteiger partial charge on any atom is -0.343 e. The Hall–Kier alpha value is -1.35. The fraction of sp³-hybridized carbons (Fsp3) is 0.533. The second kappa shape index (κ2) is 7.88. The van der Waals surface area contributed by atoms with Crippen molar-refractivity contribution in [2.75, 3.05) is 19.6 Å². The van der Waals surface area contributed by atoms with Gasteiger partial charge in [0.15, 0.2) is 0 Å². The first-order chi connectivity index (χ1) is 8.69. The molecule has 1 rings (SSSR count). The SMILES string of the molecule is CCN(CC)C(=O)CCNC(C)c1ccccc1. The van der Waals surface area contributed by atoms with Crippen LogP contribution in [0.1, 0.15) is 38.8 Å². The third kappa shape index (κ3) is 4.49. The fourth-order valence-corrected chi connectivity index (χ4v) is 1.99. The zero-order valence-electron chi connectivity index (χ0n) is 11.6. The van der Waals surface area contributed by atoms with Gasteiger partial charge in [-0.1, -0.05) is 30.3 Å². The average molecular weight is 248 g/mol. The quantitative estimate of drug-likeness (QED) is 0.804. The van der Waals surface area contributed by atoms with Crippen molar-refractivity contribution in [1.29, 1.82) is 0 Å². The van der Waals surface area contributed by atoms with Gasteiger partial charge in [0.1, 0.15) is 0 Å². The molecule has 0 aliphatic carbocycles. The van der Waals surface area contributed by atoms with E-state index < -0.39 is 0 Å². The van der Waals surface area contributed by atoms with E-state index in [1.807, 2.05) is 36.9 Å². The molecule has 3 nitrogen and oxygen atoms in total. The highest BCUT2D eigenvalue weighted by Crippen LogP contribution is 2.10. The predicted octanol–water partition coefficient (Wildman–Crippen LogP) is 2.60. The lowest BCUT2D eigenvalue weighted by Crippen LogP contribution is -2.33. The Balaban J connectivity index is 2.32. The molecule has 1 aromatic carbocycles. The fourth-order valence-electron chi connectivity index (χ4n) is 1.99. The molecule has 0 fully saturated rings. The number of benzene rings is 1. The van der Waals surface area contributed by atoms with E-state index >= 15 is 0 Å². The van der Waals surface area contributed by atoms with E-state index in [4.69, 9.17) is 0 Å². The van der Waals surface area contributed by atoms with Crippen LogP contribution in [0.4, 0.5) is 0 Å². The van der Waals surface area contributed by atoms with E-state index in [-0.39, 0.29) is 11.9 Å². The van der Waals surface area contributed by atoms with Crippen LogP contribution >= 0.6 is 0 Å². The van der Waals surface area contributed by atoms with Crippen LogP contribution in [0.25, 0.3) is 0 Å². The highest BCUT2D eigenvalue weighted by Gasteiger charge is 2.10. The Morgan fingerprint density at radius 2 is 1.83 bits per heavy atom. The number of amides is 1. The van der Waals surface area contributed by atoms with Gasteiger partial charge in [-0.15, -0.1) is 0 Å². The molecule has 0 heterocycles. The Morgan fingerprint density at radius 3 is 2.39 bits per heavy atom. The molecule has 0 spiro atoms. The first kappa shape index (κ1) is 14.7. The van der Waals surface area contributed by atoms with Crippen molar-refractivity contribution in [3.05, 3.63) is 35.9 Å². The number of carbonyl (C=O) groups excluding carboxylic acids is 1. The third-order valence-electron chi connectivity index (χ3n) is 3.21. The average Bonchev–Trinajstić information content (AvgIpc) is 2.41. The molecule has 0 bridgehead atoms. The summed E-state index contributed by atoms with van der Waals surface area (Å²) < 4.78 is 0. The summed E-state index contributed by atoms with van der Waals surface area (Å²) in [5.41, 5.74) is 1.26. The summed E-state index contributed by atoms with van der Waals surface area (Å²) in [6.07, 6.45) is 0.568. The molecule has 1 atom stereocenters. The van der Waals surface area contributed by atoms with E-state index in [1.54, 1.807) is 0 Å². The summed E-state index contributed by atoms with van der Waals surface area (Å²) in [5, 5.41) is 3.39. The lowest BCUT2D eigenvalue weighted by Gasteiger charge is -2.19. The van der Waals surface area contributed by atoms with E-state index in [9.17, 15) is 4.79 Å². The maximum absolute atomic E-state index is 11.8. The summed E-state index contributed by atoms with van der Waals surface area (Å²) in [7, 11) is 0. The van der Waals surface area contributed by atoms with Crippen molar-refractivity contribution in [2.45, 2.75) is 33.2 Å². The highest BCUT2D eigenvalue weighted by molar-refractivity contribution is 5.76. The number of nitrogens with zero attached hydrogens (tertiary/aromatic N) is 1. The molecule has 1 N–H and O–H groups in total. The van der Waals surface area contributed by atoms with E-state index in [0.29, 0.717) is 6.42 Å². The molecule has 100 valence electrons. The molecule has 0 aromatic heterocycles. The molecular formula is C15H24N2O. The van der Waals surface area contributed by atoms with Gasteiger partial charge in [0.05, 0.1) is 0 Å². The molecule has 3 heteroatoms. The zero-order chi connectivity index (χ0) is 13.4. The second-order valence-corrected chi connectivity index (χ2v) is 4.40. The normalized spacial score (nSPS) is 12.2. The summed E-state index contributed by atoms with van der Waals surface area (Å²) in [6, 6.07) is 10.6. The number of nitrogens with one attached hydrogen (secondary N) is 1. The molecule has 1 unspecified atom stereocenters. The van der Waals surface area contributed by atoms with Crippen LogP contribution in [0.15, 0.2) is 30.3 Å². The summed E-state index contributed by atoms with van der Waals surface area (Å²) in [5.74, 6) is 0.229. The van der Waals surface area contributed by atoms with Crippen molar-refractivity contribution in [3.8, 4) is 0 Å². The smallest absolute Gasteiger partial charge is 0.223 e. The highest BCUT2D eigenvalue weighted by atomic mass is 16.2. The lowest BCUT2D eigenvalue weighted by molar-refractivity contribution is -0.130. The first-order valence-electron chi connectivity index (χ1n) is 6.75. The summed E-state index contributed by atoms with van der Waals surface area (Å²) >= 11 is 0. The molecule has 0 aliphatic rings. The summed E-state index contributed by atoms with van der Waals surface area (Å²) in [6.45, 7) is 8.47. The van der Waals surface area contributed by atoms with Crippen LogP contribution < -0.4 is 5.32 Å². The summed E-state index contributed by atoms with van der Waals surface area (Å²) in [4.78, 5) is 13.7. The van der Waals surface area contributed by atoms with E-state index in [2.05, 4.69) is 24.4 Å². The Bertz CT molecular complexity index is 347. The van der Waals surface area contributed by atoms with Gasteiger partial charge >= 0.3 is 0 Å². The molecule has 0 radical (unpaired) electrons. The van der Waals surface area contributed by atoms with E-state index in [1.165, 1.54) is 5.56 Å². The van der Waals surface area contributed by atoms with Gasteiger partial charge in [-0.3, -0.25) is 4.79 Å². The monoisotopic (exact) mass is 248 g/mol. The van der Waals surface area contributed by atoms with Gasteiger partial charge in [0, 0.05) is 32.1 Å². The van der Waals surface area contributed by atoms with Crippen molar-refractivity contribution < 1.29 is 4.79 Å². The number of hydrogen-bond acceptors (Lipinski definition) is 2. The number of carbonyl (C=O) groups is 1. The van der Waals surface area contributed by atoms with Gasteiger partial charge in [-0.25, -0.2) is 0 Å². The van der Waals surface area contributed by atoms with Crippen LogP contribution in [0.3, 0.4) is 0 Å². The van der Waals surface area contributed by atoms with Crippen molar-refractivity contribution in [2.24, 2.45) is 0 Å². The van der Waals surface area contributed by atoms with Gasteiger partial charge in [0.2, 0.25) is 5.91 Å². The maximum Gasteiger partial charge on any atom is 0.223 e. The minimum atomic E-state index is 0.229. The molecule has 1 aromatic rings. The predicted molar refractivity (Wildman–Crippen MR) is 75.4 cm³/mol. The third-order valence-corrected chi connectivity index (χ3v) is 3.21. The maximum atomic E-state index is 11.8. The molecule has 1 amide bonds. The van der Waals surface area contributed by atoms with Crippen molar-refractivity contribution >= 4 is 5.91 Å². The van der Waals surface area contributed by atoms with Crippen molar-refractivity contribution in [3.63, 3.8) is 0 Å². The Labute approximate surface area is 110 Å². The molecule has 0 aliphatic heterocycles. The Morgan fingerprint density at radius 1 is 1.22 bits per heavy atom. The van der Waals surface area contributed by atoms with Crippen molar-refractivity contribution in [1.82, 2.24) is 10.2 Å². The van der Waals surface area contributed by atoms with E-state index in [0.717, 1.165) is 19.6 Å². The topological polar surface area (TPSA) is 32.3 Å². The van der Waals surface area contributed by atoms with Crippen LogP contribution in [0.2, 0.25) is 0 Å². The second-order valence-electron chi connectivity index (χ2n) is 4.40. The molecular weight excluding hydrogens is 224 g/mol. The minimum absolute atomic E-state index is 0.229. The molecule has 0 saturated heterocycles. The largest absolute Gasteiger partial charge is 0.343 e. The zero-order valence-corrected chi connectivity index (χ0v) is 11.6.